The van der Waals surface area contributed by atoms with Crippen LogP contribution in [0.5, 0.6) is 0 Å². The molecule has 1 rings (SSSR count). The van der Waals surface area contributed by atoms with Gasteiger partial charge in [-0.1, -0.05) is 12.8 Å². The molecular weight excluding hydrogens is 212 g/mol. The molecule has 0 aromatic rings. The molecule has 1 saturated carbocycles. The summed E-state index contributed by atoms with van der Waals surface area (Å²) in [5.41, 5.74) is 0. The molecule has 0 aromatic carbocycles. The summed E-state index contributed by atoms with van der Waals surface area (Å²) < 4.78 is 24.7. The van der Waals surface area contributed by atoms with E-state index in [1.54, 1.807) is 6.92 Å². The SMILES string of the molecule is CCS(=O)(=O)NCCNC(C)CC1CC1. The van der Waals surface area contributed by atoms with Gasteiger partial charge in [0.15, 0.2) is 0 Å². The van der Waals surface area contributed by atoms with Crippen LogP contribution in [0, 0.1) is 5.92 Å². The Morgan fingerprint density at radius 2 is 2.00 bits per heavy atom. The van der Waals surface area contributed by atoms with Crippen LogP contribution in [-0.4, -0.2) is 33.3 Å². The average molecular weight is 234 g/mol. The maximum absolute atomic E-state index is 11.1. The molecule has 90 valence electrons. The lowest BCUT2D eigenvalue weighted by molar-refractivity contribution is 0.488. The van der Waals surface area contributed by atoms with Gasteiger partial charge in [-0.2, -0.15) is 0 Å². The minimum absolute atomic E-state index is 0.157. The second kappa shape index (κ2) is 5.82. The second-order valence-corrected chi connectivity index (χ2v) is 6.43. The molecule has 1 fully saturated rings. The lowest BCUT2D eigenvalue weighted by Gasteiger charge is -2.13. The van der Waals surface area contributed by atoms with Crippen LogP contribution < -0.4 is 10.0 Å². The highest BCUT2D eigenvalue weighted by Crippen LogP contribution is 2.33. The van der Waals surface area contributed by atoms with E-state index in [-0.39, 0.29) is 5.75 Å². The molecule has 0 aromatic heterocycles. The predicted molar refractivity (Wildman–Crippen MR) is 62.3 cm³/mol. The number of hydrogen-bond donors (Lipinski definition) is 2. The molecule has 5 heteroatoms. The Morgan fingerprint density at radius 3 is 2.53 bits per heavy atom. The van der Waals surface area contributed by atoms with Crippen LogP contribution in [0.15, 0.2) is 0 Å². The van der Waals surface area contributed by atoms with Gasteiger partial charge in [0.25, 0.3) is 0 Å². The average Bonchev–Trinajstić information content (AvgIpc) is 2.96. The Bertz CT molecular complexity index is 273. The second-order valence-electron chi connectivity index (χ2n) is 4.33. The van der Waals surface area contributed by atoms with Crippen LogP contribution in [0.3, 0.4) is 0 Å². The molecule has 0 heterocycles. The summed E-state index contributed by atoms with van der Waals surface area (Å²) in [6.07, 6.45) is 3.96. The van der Waals surface area contributed by atoms with Gasteiger partial charge in [0, 0.05) is 19.1 Å². The summed E-state index contributed by atoms with van der Waals surface area (Å²) in [6.45, 7) is 5.01. The molecular formula is C10H22N2O2S. The van der Waals surface area contributed by atoms with E-state index in [1.807, 2.05) is 0 Å². The number of sulfonamides is 1. The van der Waals surface area contributed by atoms with Crippen molar-refractivity contribution in [1.29, 1.82) is 0 Å². The van der Waals surface area contributed by atoms with Crippen LogP contribution in [0.2, 0.25) is 0 Å². The fourth-order valence-electron chi connectivity index (χ4n) is 1.56. The third kappa shape index (κ3) is 6.12. The van der Waals surface area contributed by atoms with Gasteiger partial charge in [-0.15, -0.1) is 0 Å². The van der Waals surface area contributed by atoms with Gasteiger partial charge in [-0.05, 0) is 26.2 Å². The van der Waals surface area contributed by atoms with Crippen molar-refractivity contribution >= 4 is 10.0 Å². The maximum Gasteiger partial charge on any atom is 0.211 e. The van der Waals surface area contributed by atoms with Crippen molar-refractivity contribution in [2.24, 2.45) is 5.92 Å². The van der Waals surface area contributed by atoms with Crippen molar-refractivity contribution in [1.82, 2.24) is 10.0 Å². The molecule has 1 aliphatic rings. The van der Waals surface area contributed by atoms with Crippen LogP contribution >= 0.6 is 0 Å². The van der Waals surface area contributed by atoms with Gasteiger partial charge in [-0.3, -0.25) is 0 Å². The van der Waals surface area contributed by atoms with E-state index in [4.69, 9.17) is 0 Å². The van der Waals surface area contributed by atoms with Crippen molar-refractivity contribution in [2.75, 3.05) is 18.8 Å². The number of rotatable bonds is 8. The van der Waals surface area contributed by atoms with Crippen molar-refractivity contribution in [3.8, 4) is 0 Å². The molecule has 0 radical (unpaired) electrons. The van der Waals surface area contributed by atoms with E-state index in [0.29, 0.717) is 19.1 Å². The topological polar surface area (TPSA) is 58.2 Å². The molecule has 0 amide bonds. The first kappa shape index (κ1) is 12.9. The lowest BCUT2D eigenvalue weighted by atomic mass is 10.1. The smallest absolute Gasteiger partial charge is 0.211 e. The van der Waals surface area contributed by atoms with E-state index in [9.17, 15) is 8.42 Å². The first-order valence-corrected chi connectivity index (χ1v) is 7.39. The summed E-state index contributed by atoms with van der Waals surface area (Å²) in [4.78, 5) is 0. The molecule has 1 unspecified atom stereocenters. The number of nitrogens with one attached hydrogen (secondary N) is 2. The molecule has 2 N–H and O–H groups in total. The van der Waals surface area contributed by atoms with Crippen LogP contribution in [0.4, 0.5) is 0 Å². The Kier molecular flexibility index (Phi) is 5.02. The van der Waals surface area contributed by atoms with Gasteiger partial charge >= 0.3 is 0 Å². The monoisotopic (exact) mass is 234 g/mol. The third-order valence-electron chi connectivity index (χ3n) is 2.70. The molecule has 0 aliphatic heterocycles. The van der Waals surface area contributed by atoms with Gasteiger partial charge in [0.05, 0.1) is 5.75 Å². The van der Waals surface area contributed by atoms with Gasteiger partial charge in [0.2, 0.25) is 10.0 Å². The van der Waals surface area contributed by atoms with Gasteiger partial charge in [-0.25, -0.2) is 13.1 Å². The van der Waals surface area contributed by atoms with Crippen molar-refractivity contribution in [3.05, 3.63) is 0 Å². The van der Waals surface area contributed by atoms with Crippen LogP contribution in [0.1, 0.15) is 33.1 Å². The molecule has 0 bridgehead atoms. The molecule has 0 saturated heterocycles. The zero-order valence-corrected chi connectivity index (χ0v) is 10.4. The standard InChI is InChI=1S/C10H22N2O2S/c1-3-15(13,14)12-7-6-11-9(2)8-10-4-5-10/h9-12H,3-8H2,1-2H3. The van der Waals surface area contributed by atoms with Crippen LogP contribution in [-0.2, 0) is 10.0 Å². The fourth-order valence-corrected chi connectivity index (χ4v) is 2.18. The third-order valence-corrected chi connectivity index (χ3v) is 4.11. The Labute approximate surface area is 92.9 Å². The highest BCUT2D eigenvalue weighted by molar-refractivity contribution is 7.89. The summed E-state index contributed by atoms with van der Waals surface area (Å²) in [5, 5.41) is 3.32. The minimum Gasteiger partial charge on any atom is -0.313 e. The maximum atomic E-state index is 11.1. The highest BCUT2D eigenvalue weighted by Gasteiger charge is 2.23. The van der Waals surface area contributed by atoms with Crippen molar-refractivity contribution in [3.63, 3.8) is 0 Å². The molecule has 0 spiro atoms. The van der Waals surface area contributed by atoms with E-state index < -0.39 is 10.0 Å². The summed E-state index contributed by atoms with van der Waals surface area (Å²) in [5.74, 6) is 1.07. The van der Waals surface area contributed by atoms with E-state index >= 15 is 0 Å². The first-order valence-electron chi connectivity index (χ1n) is 5.74. The Balaban J connectivity index is 2.00. The predicted octanol–water partition coefficient (Wildman–Crippen LogP) is 0.704. The number of hydrogen-bond acceptors (Lipinski definition) is 3. The van der Waals surface area contributed by atoms with E-state index in [0.717, 1.165) is 5.92 Å². The van der Waals surface area contributed by atoms with Gasteiger partial charge < -0.3 is 5.32 Å². The quantitative estimate of drug-likeness (QED) is 0.608. The van der Waals surface area contributed by atoms with Gasteiger partial charge in [0.1, 0.15) is 0 Å². The zero-order valence-electron chi connectivity index (χ0n) is 9.62. The van der Waals surface area contributed by atoms with Crippen LogP contribution in [0.25, 0.3) is 0 Å². The highest BCUT2D eigenvalue weighted by atomic mass is 32.2. The van der Waals surface area contributed by atoms with E-state index in [2.05, 4.69) is 17.0 Å². The van der Waals surface area contributed by atoms with Crippen molar-refractivity contribution in [2.45, 2.75) is 39.2 Å². The molecule has 1 aliphatic carbocycles. The van der Waals surface area contributed by atoms with E-state index in [1.165, 1.54) is 19.3 Å². The fraction of sp³-hybridized carbons (Fsp3) is 1.00. The molecule has 15 heavy (non-hydrogen) atoms. The zero-order chi connectivity index (χ0) is 11.3. The largest absolute Gasteiger partial charge is 0.313 e. The Hall–Kier alpha value is -0.130. The minimum atomic E-state index is -3.02. The molecule has 1 atom stereocenters. The first-order chi connectivity index (χ1) is 7.03. The summed E-state index contributed by atoms with van der Waals surface area (Å²) in [7, 11) is -3.02. The summed E-state index contributed by atoms with van der Waals surface area (Å²) in [6, 6.07) is 0.503. The Morgan fingerprint density at radius 1 is 1.33 bits per heavy atom. The lowest BCUT2D eigenvalue weighted by Crippen LogP contribution is -2.36. The summed E-state index contributed by atoms with van der Waals surface area (Å²) >= 11 is 0. The normalized spacial score (nSPS) is 19.1. The molecule has 4 nitrogen and oxygen atoms in total. The van der Waals surface area contributed by atoms with Crippen molar-refractivity contribution < 1.29 is 8.42 Å².